The summed E-state index contributed by atoms with van der Waals surface area (Å²) in [6.45, 7) is 2.52. The van der Waals surface area contributed by atoms with Gasteiger partial charge in [-0.15, -0.1) is 0 Å². The first-order valence-corrected chi connectivity index (χ1v) is 5.77. The zero-order valence-electron chi connectivity index (χ0n) is 9.72. The van der Waals surface area contributed by atoms with E-state index in [0.29, 0.717) is 13.0 Å². The molecule has 17 heavy (non-hydrogen) atoms. The summed E-state index contributed by atoms with van der Waals surface area (Å²) in [6.07, 6.45) is 4.88. The quantitative estimate of drug-likeness (QED) is 0.825. The third-order valence-corrected chi connectivity index (χ3v) is 2.89. The zero-order valence-corrected chi connectivity index (χ0v) is 9.72. The molecule has 2 heterocycles. The lowest BCUT2D eigenvalue weighted by Gasteiger charge is -2.13. The van der Waals surface area contributed by atoms with Gasteiger partial charge in [-0.3, -0.25) is 15.1 Å². The monoisotopic (exact) mass is 236 g/mol. The van der Waals surface area contributed by atoms with Crippen LogP contribution in [-0.4, -0.2) is 28.7 Å². The largest absolute Gasteiger partial charge is 0.492 e. The molecule has 5 nitrogen and oxygen atoms in total. The topological polar surface area (TPSA) is 71.5 Å². The third kappa shape index (κ3) is 2.74. The van der Waals surface area contributed by atoms with E-state index in [4.69, 9.17) is 9.84 Å². The van der Waals surface area contributed by atoms with Crippen molar-refractivity contribution >= 4 is 5.97 Å². The maximum absolute atomic E-state index is 10.8. The number of hydrogen-bond donors (Lipinski definition) is 2. The molecule has 92 valence electrons. The van der Waals surface area contributed by atoms with Gasteiger partial charge in [-0.25, -0.2) is 0 Å². The van der Waals surface area contributed by atoms with Gasteiger partial charge >= 0.3 is 5.97 Å². The van der Waals surface area contributed by atoms with Crippen LogP contribution in [0.3, 0.4) is 0 Å². The van der Waals surface area contributed by atoms with Crippen molar-refractivity contribution in [2.45, 2.75) is 31.8 Å². The molecule has 0 amide bonds. The first-order valence-electron chi connectivity index (χ1n) is 5.77. The van der Waals surface area contributed by atoms with Gasteiger partial charge in [0.15, 0.2) is 0 Å². The molecule has 2 rings (SSSR count). The summed E-state index contributed by atoms with van der Waals surface area (Å²) in [5.74, 6) is -0.0630. The Bertz CT molecular complexity index is 408. The van der Waals surface area contributed by atoms with E-state index in [9.17, 15) is 4.79 Å². The molecular weight excluding hydrogens is 220 g/mol. The molecule has 0 bridgehead atoms. The molecule has 1 aromatic rings. The summed E-state index contributed by atoms with van der Waals surface area (Å²) in [5, 5.41) is 12.0. The Morgan fingerprint density at radius 3 is 3.06 bits per heavy atom. The Kier molecular flexibility index (Phi) is 3.58. The van der Waals surface area contributed by atoms with Crippen LogP contribution in [0.25, 0.3) is 0 Å². The van der Waals surface area contributed by atoms with Crippen molar-refractivity contribution in [2.75, 3.05) is 6.61 Å². The number of carboxylic acids is 1. The Morgan fingerprint density at radius 2 is 2.41 bits per heavy atom. The van der Waals surface area contributed by atoms with E-state index in [2.05, 4.69) is 10.3 Å². The highest BCUT2D eigenvalue weighted by Gasteiger charge is 2.29. The van der Waals surface area contributed by atoms with Crippen LogP contribution in [0.1, 0.15) is 31.4 Å². The summed E-state index contributed by atoms with van der Waals surface area (Å²) >= 11 is 0. The molecule has 0 radical (unpaired) electrons. The number of carbonyl (C=O) groups is 1. The lowest BCUT2D eigenvalue weighted by molar-refractivity contribution is -0.139. The molecule has 1 saturated heterocycles. The summed E-state index contributed by atoms with van der Waals surface area (Å²) in [4.78, 5) is 15.0. The van der Waals surface area contributed by atoms with Crippen LogP contribution in [0, 0.1) is 0 Å². The van der Waals surface area contributed by atoms with E-state index in [1.165, 1.54) is 0 Å². The lowest BCUT2D eigenvalue weighted by atomic mass is 10.1. The number of nitrogens with one attached hydrogen (secondary N) is 1. The van der Waals surface area contributed by atoms with Crippen LogP contribution in [0.5, 0.6) is 5.75 Å². The molecule has 2 N–H and O–H groups in total. The molecule has 1 fully saturated rings. The van der Waals surface area contributed by atoms with E-state index in [-0.39, 0.29) is 6.04 Å². The number of aromatic nitrogens is 1. The SMILES string of the molecule is CCOc1cncc(C2CCC(C(=O)O)N2)c1. The molecule has 1 aliphatic heterocycles. The number of carboxylic acid groups (broad SMARTS) is 1. The Hall–Kier alpha value is -1.62. The maximum Gasteiger partial charge on any atom is 0.320 e. The van der Waals surface area contributed by atoms with Crippen LogP contribution >= 0.6 is 0 Å². The van der Waals surface area contributed by atoms with E-state index in [0.717, 1.165) is 17.7 Å². The molecule has 0 aromatic carbocycles. The fourth-order valence-corrected chi connectivity index (χ4v) is 2.07. The van der Waals surface area contributed by atoms with Crippen LogP contribution < -0.4 is 10.1 Å². The minimum Gasteiger partial charge on any atom is -0.492 e. The zero-order chi connectivity index (χ0) is 12.3. The van der Waals surface area contributed by atoms with Gasteiger partial charge in [-0.05, 0) is 31.4 Å². The molecule has 0 aliphatic carbocycles. The number of rotatable bonds is 4. The predicted molar refractivity (Wildman–Crippen MR) is 61.9 cm³/mol. The van der Waals surface area contributed by atoms with Crippen molar-refractivity contribution in [2.24, 2.45) is 0 Å². The second-order valence-electron chi connectivity index (χ2n) is 4.07. The molecule has 2 atom stereocenters. The highest BCUT2D eigenvalue weighted by molar-refractivity contribution is 5.73. The van der Waals surface area contributed by atoms with Crippen LogP contribution in [0.2, 0.25) is 0 Å². The minimum absolute atomic E-state index is 0.0593. The normalized spacial score (nSPS) is 23.6. The van der Waals surface area contributed by atoms with Gasteiger partial charge in [0.05, 0.1) is 12.8 Å². The highest BCUT2D eigenvalue weighted by Crippen LogP contribution is 2.27. The molecular formula is C12H16N2O3. The van der Waals surface area contributed by atoms with E-state index in [1.54, 1.807) is 12.4 Å². The van der Waals surface area contributed by atoms with Gasteiger partial charge in [0, 0.05) is 12.2 Å². The van der Waals surface area contributed by atoms with Crippen molar-refractivity contribution in [3.8, 4) is 5.75 Å². The van der Waals surface area contributed by atoms with Crippen LogP contribution in [-0.2, 0) is 4.79 Å². The summed E-state index contributed by atoms with van der Waals surface area (Å²) in [6, 6.07) is 1.53. The summed E-state index contributed by atoms with van der Waals surface area (Å²) in [7, 11) is 0. The second-order valence-corrected chi connectivity index (χ2v) is 4.07. The number of aliphatic carboxylic acids is 1. The van der Waals surface area contributed by atoms with Crippen molar-refractivity contribution in [3.05, 3.63) is 24.0 Å². The fourth-order valence-electron chi connectivity index (χ4n) is 2.07. The van der Waals surface area contributed by atoms with Gasteiger partial charge in [-0.2, -0.15) is 0 Å². The molecule has 0 spiro atoms. The minimum atomic E-state index is -0.790. The van der Waals surface area contributed by atoms with E-state index in [1.807, 2.05) is 13.0 Å². The summed E-state index contributed by atoms with van der Waals surface area (Å²) < 4.78 is 5.37. The first-order chi connectivity index (χ1) is 8.20. The van der Waals surface area contributed by atoms with Gasteiger partial charge in [0.2, 0.25) is 0 Å². The van der Waals surface area contributed by atoms with Crippen molar-refractivity contribution in [1.29, 1.82) is 0 Å². The fraction of sp³-hybridized carbons (Fsp3) is 0.500. The lowest BCUT2D eigenvalue weighted by Crippen LogP contribution is -2.31. The third-order valence-electron chi connectivity index (χ3n) is 2.89. The summed E-state index contributed by atoms with van der Waals surface area (Å²) in [5.41, 5.74) is 0.986. The smallest absolute Gasteiger partial charge is 0.320 e. The average molecular weight is 236 g/mol. The molecule has 0 saturated carbocycles. The number of hydrogen-bond acceptors (Lipinski definition) is 4. The Labute approximate surface area is 99.8 Å². The van der Waals surface area contributed by atoms with Gasteiger partial charge in [0.1, 0.15) is 11.8 Å². The first kappa shape index (κ1) is 11.9. The number of nitrogens with zero attached hydrogens (tertiary/aromatic N) is 1. The van der Waals surface area contributed by atoms with Crippen LogP contribution in [0.15, 0.2) is 18.5 Å². The van der Waals surface area contributed by atoms with Crippen molar-refractivity contribution in [3.63, 3.8) is 0 Å². The van der Waals surface area contributed by atoms with Gasteiger partial charge in [0.25, 0.3) is 0 Å². The highest BCUT2D eigenvalue weighted by atomic mass is 16.5. The van der Waals surface area contributed by atoms with E-state index >= 15 is 0 Å². The molecule has 1 aromatic heterocycles. The Morgan fingerprint density at radius 1 is 1.59 bits per heavy atom. The Balaban J connectivity index is 2.08. The molecule has 1 aliphatic rings. The molecule has 5 heteroatoms. The second kappa shape index (κ2) is 5.14. The van der Waals surface area contributed by atoms with Crippen molar-refractivity contribution < 1.29 is 14.6 Å². The van der Waals surface area contributed by atoms with Crippen molar-refractivity contribution in [1.82, 2.24) is 10.3 Å². The average Bonchev–Trinajstić information content (AvgIpc) is 2.79. The van der Waals surface area contributed by atoms with Crippen LogP contribution in [0.4, 0.5) is 0 Å². The van der Waals surface area contributed by atoms with E-state index < -0.39 is 12.0 Å². The predicted octanol–water partition coefficient (Wildman–Crippen LogP) is 1.36. The number of pyridine rings is 1. The van der Waals surface area contributed by atoms with Gasteiger partial charge < -0.3 is 9.84 Å². The number of ether oxygens (including phenoxy) is 1. The maximum atomic E-state index is 10.8. The standard InChI is InChI=1S/C12H16N2O3/c1-2-17-9-5-8(6-13-7-9)10-3-4-11(14-10)12(15)16/h5-7,10-11,14H,2-4H2,1H3,(H,15,16). The molecule has 2 unspecified atom stereocenters. The van der Waals surface area contributed by atoms with Gasteiger partial charge in [-0.1, -0.05) is 0 Å².